The minimum Gasteiger partial charge on any atom is -0.397 e. The van der Waals surface area contributed by atoms with Crippen LogP contribution in [-0.2, 0) is 31.1 Å². The van der Waals surface area contributed by atoms with E-state index in [9.17, 15) is 19.2 Å². The van der Waals surface area contributed by atoms with Crippen LogP contribution in [0.15, 0.2) is 54.6 Å². The van der Waals surface area contributed by atoms with Crippen molar-refractivity contribution in [3.8, 4) is 0 Å². The third-order valence-electron chi connectivity index (χ3n) is 14.8. The van der Waals surface area contributed by atoms with Gasteiger partial charge in [0.1, 0.15) is 5.82 Å². The minimum absolute atomic E-state index is 0. The predicted molar refractivity (Wildman–Crippen MR) is 298 cm³/mol. The molecule has 71 heavy (non-hydrogen) atoms. The van der Waals surface area contributed by atoms with Crippen LogP contribution in [0, 0.1) is 23.2 Å². The molecular formula is C57H87BN9O4. The van der Waals surface area contributed by atoms with Crippen LogP contribution in [0.2, 0.25) is 0 Å². The Morgan fingerprint density at radius 1 is 0.577 bits per heavy atom. The van der Waals surface area contributed by atoms with Crippen LogP contribution < -0.4 is 37.6 Å². The van der Waals surface area contributed by atoms with Crippen molar-refractivity contribution in [2.24, 2.45) is 23.2 Å². The van der Waals surface area contributed by atoms with Crippen molar-refractivity contribution in [1.82, 2.24) is 9.55 Å². The van der Waals surface area contributed by atoms with Gasteiger partial charge in [-0.3, -0.25) is 19.2 Å². The monoisotopic (exact) mass is 973 g/mol. The zero-order valence-electron chi connectivity index (χ0n) is 44.8. The van der Waals surface area contributed by atoms with Gasteiger partial charge in [-0.05, 0) is 124 Å². The van der Waals surface area contributed by atoms with E-state index in [1.54, 1.807) is 6.07 Å². The highest BCUT2D eigenvalue weighted by Crippen LogP contribution is 2.35. The molecule has 8 N–H and O–H groups in total. The summed E-state index contributed by atoms with van der Waals surface area (Å²) in [5.74, 6) is 3.12. The standard InChI is InChI=1S/C21H33N3O2.C21H31N3O.C15H23N3O.B/c1-5-21(3,4)20(26)24-19-13-17(23-15(2)25)11-12-18(19)22-14-16-9-7-6-8-10-16;1-5-21(3,4)20-23-18-13-17(22-15(2)25)11-12-19(18)24(20)14-16-9-7-6-8-10-16;1-11(19)18-13-7-8-15(14(16)9-13)17-10-12-5-3-2-4-6-12;/h11-13,16,22H,5-10,14H2,1-4H3,(H,23,25)(H,24,26);11-13,16H,5-10,14H2,1-4H3,(H,22,25);7-9,12,17H,2-6,10,16H2,1H3,(H,18,19);. The van der Waals surface area contributed by atoms with E-state index in [0.717, 1.165) is 78.3 Å². The summed E-state index contributed by atoms with van der Waals surface area (Å²) in [5, 5.41) is 18.4. The largest absolute Gasteiger partial charge is 0.397 e. The molecule has 4 amide bonds. The third kappa shape index (κ3) is 18.2. The number of benzene rings is 3. The Bertz CT molecular complexity index is 2340. The van der Waals surface area contributed by atoms with Gasteiger partial charge < -0.3 is 42.2 Å². The first kappa shape index (κ1) is 58.0. The second-order valence-corrected chi connectivity index (χ2v) is 21.6. The van der Waals surface area contributed by atoms with E-state index in [-0.39, 0.29) is 37.5 Å². The molecule has 3 saturated carbocycles. The SMILES string of the molecule is CC(=O)Nc1ccc(NCC2CCCCC2)c(N)c1.CCC(C)(C)C(=O)Nc1cc(NC(C)=O)ccc1NCC1CCCCC1.CCC(C)(C)c1nc2cc(NC(C)=O)ccc2n1CC1CCCCC1.[B]. The number of carbonyl (C=O) groups excluding carboxylic acids is 4. The van der Waals surface area contributed by atoms with Crippen molar-refractivity contribution in [2.45, 2.75) is 183 Å². The molecule has 3 radical (unpaired) electrons. The quantitative estimate of drug-likeness (QED) is 0.0427. The highest BCUT2D eigenvalue weighted by atomic mass is 16.2. The summed E-state index contributed by atoms with van der Waals surface area (Å²) in [6.45, 7) is 20.2. The van der Waals surface area contributed by atoms with Gasteiger partial charge >= 0.3 is 0 Å². The fourth-order valence-corrected chi connectivity index (χ4v) is 9.73. The van der Waals surface area contributed by atoms with E-state index < -0.39 is 5.41 Å². The van der Waals surface area contributed by atoms with E-state index in [2.05, 4.69) is 63.3 Å². The molecule has 3 aliphatic rings. The molecule has 0 saturated heterocycles. The molecule has 0 unspecified atom stereocenters. The first-order valence-electron chi connectivity index (χ1n) is 26.5. The van der Waals surface area contributed by atoms with Gasteiger partial charge in [0, 0.05) is 76.7 Å². The smallest absolute Gasteiger partial charge is 0.230 e. The number of carbonyl (C=O) groups is 4. The summed E-state index contributed by atoms with van der Waals surface area (Å²) in [7, 11) is 0. The summed E-state index contributed by atoms with van der Waals surface area (Å²) in [6, 6.07) is 17.3. The summed E-state index contributed by atoms with van der Waals surface area (Å²) < 4.78 is 2.45. The van der Waals surface area contributed by atoms with Crippen LogP contribution in [0.4, 0.5) is 39.8 Å². The van der Waals surface area contributed by atoms with Crippen LogP contribution in [0.5, 0.6) is 0 Å². The molecule has 3 aliphatic carbocycles. The molecule has 7 rings (SSSR count). The molecule has 4 aromatic rings. The highest BCUT2D eigenvalue weighted by molar-refractivity contribution is 5.99. The topological polar surface area (TPSA) is 184 Å². The summed E-state index contributed by atoms with van der Waals surface area (Å²) >= 11 is 0. The Hall–Kier alpha value is -5.53. The maximum atomic E-state index is 12.6. The zero-order valence-corrected chi connectivity index (χ0v) is 44.8. The zero-order chi connectivity index (χ0) is 50.8. The Labute approximate surface area is 427 Å². The van der Waals surface area contributed by atoms with Gasteiger partial charge in [-0.25, -0.2) is 4.98 Å². The molecule has 0 bridgehead atoms. The summed E-state index contributed by atoms with van der Waals surface area (Å²) in [6.07, 6.45) is 21.8. The number of anilines is 7. The second kappa shape index (κ2) is 27.9. The number of aromatic nitrogens is 2. The number of nitrogens with zero attached hydrogens (tertiary/aromatic N) is 2. The van der Waals surface area contributed by atoms with E-state index in [1.165, 1.54) is 128 Å². The Balaban J connectivity index is 0.000000233. The fraction of sp³-hybridized carbons (Fsp3) is 0.596. The molecule has 1 heterocycles. The van der Waals surface area contributed by atoms with Crippen LogP contribution in [-0.4, -0.2) is 54.7 Å². The van der Waals surface area contributed by atoms with Gasteiger partial charge in [0.25, 0.3) is 0 Å². The number of nitrogens with two attached hydrogens (primary N) is 1. The van der Waals surface area contributed by atoms with Crippen molar-refractivity contribution in [1.29, 1.82) is 0 Å². The van der Waals surface area contributed by atoms with Crippen LogP contribution >= 0.6 is 0 Å². The molecule has 13 nitrogen and oxygen atoms in total. The number of amides is 4. The number of imidazole rings is 1. The lowest BCUT2D eigenvalue weighted by Crippen LogP contribution is -2.30. The first-order valence-corrected chi connectivity index (χ1v) is 26.5. The van der Waals surface area contributed by atoms with E-state index in [0.29, 0.717) is 17.3 Å². The van der Waals surface area contributed by atoms with Crippen LogP contribution in [0.3, 0.4) is 0 Å². The van der Waals surface area contributed by atoms with Gasteiger partial charge in [0.2, 0.25) is 23.6 Å². The summed E-state index contributed by atoms with van der Waals surface area (Å²) in [5.41, 5.74) is 13.3. The van der Waals surface area contributed by atoms with Gasteiger partial charge in [0.05, 0.1) is 33.8 Å². The van der Waals surface area contributed by atoms with E-state index in [4.69, 9.17) is 10.7 Å². The normalized spacial score (nSPS) is 15.7. The maximum Gasteiger partial charge on any atom is 0.230 e. The molecule has 3 aromatic carbocycles. The maximum absolute atomic E-state index is 12.6. The molecule has 0 atom stereocenters. The predicted octanol–water partition coefficient (Wildman–Crippen LogP) is 13.1. The van der Waals surface area contributed by atoms with Crippen molar-refractivity contribution in [3.05, 3.63) is 60.4 Å². The highest BCUT2D eigenvalue weighted by Gasteiger charge is 2.29. The lowest BCUT2D eigenvalue weighted by molar-refractivity contribution is -0.124. The number of nitrogen functional groups attached to an aromatic ring is 1. The van der Waals surface area contributed by atoms with Crippen molar-refractivity contribution in [3.63, 3.8) is 0 Å². The number of rotatable bonds is 16. The van der Waals surface area contributed by atoms with Gasteiger partial charge in [-0.2, -0.15) is 0 Å². The Morgan fingerprint density at radius 2 is 1.03 bits per heavy atom. The third-order valence-corrected chi connectivity index (χ3v) is 14.8. The van der Waals surface area contributed by atoms with Crippen LogP contribution in [0.25, 0.3) is 11.0 Å². The lowest BCUT2D eigenvalue weighted by atomic mass is 9.87. The molecule has 1 aromatic heterocycles. The average Bonchev–Trinajstić information content (AvgIpc) is 3.69. The van der Waals surface area contributed by atoms with Gasteiger partial charge in [-0.1, -0.05) is 99.3 Å². The molecule has 0 aliphatic heterocycles. The number of fused-ring (bicyclic) bond motifs is 1. The van der Waals surface area contributed by atoms with Crippen LogP contribution in [0.1, 0.15) is 177 Å². The fourth-order valence-electron chi connectivity index (χ4n) is 9.73. The molecule has 387 valence electrons. The number of hydrogen-bond acceptors (Lipinski definition) is 8. The second-order valence-electron chi connectivity index (χ2n) is 21.6. The molecule has 14 heteroatoms. The van der Waals surface area contributed by atoms with Crippen molar-refractivity contribution >= 4 is 82.9 Å². The molecular weight excluding hydrogens is 885 g/mol. The van der Waals surface area contributed by atoms with E-state index >= 15 is 0 Å². The van der Waals surface area contributed by atoms with E-state index in [1.807, 2.05) is 63.2 Å². The number of nitrogens with one attached hydrogen (secondary N) is 6. The lowest BCUT2D eigenvalue weighted by Gasteiger charge is -2.27. The minimum atomic E-state index is -0.440. The van der Waals surface area contributed by atoms with Crippen molar-refractivity contribution < 1.29 is 19.2 Å². The van der Waals surface area contributed by atoms with Crippen molar-refractivity contribution in [2.75, 3.05) is 50.7 Å². The number of hydrogen-bond donors (Lipinski definition) is 7. The summed E-state index contributed by atoms with van der Waals surface area (Å²) in [4.78, 5) is 51.3. The van der Waals surface area contributed by atoms with Gasteiger partial charge in [0.15, 0.2) is 0 Å². The Morgan fingerprint density at radius 3 is 1.51 bits per heavy atom. The molecule has 0 spiro atoms. The average molecular weight is 973 g/mol. The Kier molecular flexibility index (Phi) is 22.8. The molecule has 3 fully saturated rings. The van der Waals surface area contributed by atoms with Gasteiger partial charge in [-0.15, -0.1) is 0 Å². The first-order chi connectivity index (χ1) is 33.4.